The lowest BCUT2D eigenvalue weighted by Gasteiger charge is -2.27. The van der Waals surface area contributed by atoms with Crippen molar-refractivity contribution < 1.29 is 23.2 Å². The third-order valence-corrected chi connectivity index (χ3v) is 4.89. The molecule has 0 aliphatic carbocycles. The number of hydrogen-bond acceptors (Lipinski definition) is 8. The largest absolute Gasteiger partial charge is 0.486 e. The van der Waals surface area contributed by atoms with Crippen LogP contribution in [0.4, 0.5) is 0 Å². The van der Waals surface area contributed by atoms with Crippen molar-refractivity contribution in [3.05, 3.63) is 41.5 Å². The molecular weight excluding hydrogens is 376 g/mol. The maximum atomic E-state index is 12.7. The molecule has 3 aromatic rings. The summed E-state index contributed by atoms with van der Waals surface area (Å²) in [7, 11) is 1.78. The van der Waals surface area contributed by atoms with Crippen molar-refractivity contribution in [1.29, 1.82) is 0 Å². The second kappa shape index (κ2) is 7.94. The molecule has 0 radical (unpaired) electrons. The Morgan fingerprint density at radius 3 is 2.72 bits per heavy atom. The van der Waals surface area contributed by atoms with Crippen molar-refractivity contribution >= 4 is 5.91 Å². The van der Waals surface area contributed by atoms with Gasteiger partial charge in [0.1, 0.15) is 19.0 Å². The second-order valence-electron chi connectivity index (χ2n) is 6.91. The fourth-order valence-corrected chi connectivity index (χ4v) is 3.07. The molecule has 152 valence electrons. The van der Waals surface area contributed by atoms with Crippen LogP contribution in [0.2, 0.25) is 0 Å². The molecule has 0 bridgehead atoms. The molecule has 4 rings (SSSR count). The fraction of sp³-hybridized carbons (Fsp3) is 0.400. The molecule has 9 nitrogen and oxygen atoms in total. The number of ether oxygens (including phenoxy) is 2. The Bertz CT molecular complexity index is 1010. The summed E-state index contributed by atoms with van der Waals surface area (Å²) >= 11 is 0. The van der Waals surface area contributed by atoms with Crippen molar-refractivity contribution in [3.63, 3.8) is 0 Å². The SMILES string of the molecule is Cc1cc(-c2nnc(CCC(=O)N(C)[C@H](C)c3ccc4c(c3)OCCO4)o2)no1. The monoisotopic (exact) mass is 398 g/mol. The zero-order valence-corrected chi connectivity index (χ0v) is 16.5. The molecule has 0 fully saturated rings. The molecule has 0 saturated carbocycles. The third kappa shape index (κ3) is 4.08. The van der Waals surface area contributed by atoms with Gasteiger partial charge in [-0.3, -0.25) is 4.79 Å². The molecule has 0 unspecified atom stereocenters. The lowest BCUT2D eigenvalue weighted by Crippen LogP contribution is -2.30. The highest BCUT2D eigenvalue weighted by Gasteiger charge is 2.21. The van der Waals surface area contributed by atoms with Gasteiger partial charge in [-0.1, -0.05) is 11.2 Å². The van der Waals surface area contributed by atoms with Gasteiger partial charge in [0.05, 0.1) is 6.04 Å². The van der Waals surface area contributed by atoms with E-state index in [1.807, 2.05) is 25.1 Å². The van der Waals surface area contributed by atoms with Crippen LogP contribution in [-0.2, 0) is 11.2 Å². The molecule has 1 amide bonds. The first-order valence-electron chi connectivity index (χ1n) is 9.42. The van der Waals surface area contributed by atoms with Crippen molar-refractivity contribution in [2.75, 3.05) is 20.3 Å². The average Bonchev–Trinajstić information content (AvgIpc) is 3.39. The van der Waals surface area contributed by atoms with E-state index in [0.717, 1.165) is 11.3 Å². The van der Waals surface area contributed by atoms with E-state index in [9.17, 15) is 4.79 Å². The number of rotatable bonds is 6. The molecule has 1 aliphatic heterocycles. The van der Waals surface area contributed by atoms with Gasteiger partial charge in [-0.2, -0.15) is 0 Å². The summed E-state index contributed by atoms with van der Waals surface area (Å²) in [4.78, 5) is 14.4. The van der Waals surface area contributed by atoms with Crippen LogP contribution in [0.1, 0.15) is 36.6 Å². The smallest absolute Gasteiger partial charge is 0.269 e. The first-order chi connectivity index (χ1) is 14.0. The van der Waals surface area contributed by atoms with Gasteiger partial charge in [-0.05, 0) is 31.5 Å². The van der Waals surface area contributed by atoms with Gasteiger partial charge in [0.2, 0.25) is 11.8 Å². The topological polar surface area (TPSA) is 104 Å². The molecule has 9 heteroatoms. The van der Waals surface area contributed by atoms with E-state index < -0.39 is 0 Å². The maximum absolute atomic E-state index is 12.7. The lowest BCUT2D eigenvalue weighted by atomic mass is 10.1. The zero-order valence-electron chi connectivity index (χ0n) is 16.5. The van der Waals surface area contributed by atoms with Crippen LogP contribution < -0.4 is 9.47 Å². The van der Waals surface area contributed by atoms with E-state index >= 15 is 0 Å². The van der Waals surface area contributed by atoms with Crippen LogP contribution >= 0.6 is 0 Å². The highest BCUT2D eigenvalue weighted by atomic mass is 16.6. The molecule has 1 aliphatic rings. The van der Waals surface area contributed by atoms with Crippen LogP contribution in [-0.4, -0.2) is 46.4 Å². The van der Waals surface area contributed by atoms with E-state index in [0.29, 0.717) is 42.7 Å². The second-order valence-corrected chi connectivity index (χ2v) is 6.91. The van der Waals surface area contributed by atoms with Crippen LogP contribution in [0.25, 0.3) is 11.6 Å². The van der Waals surface area contributed by atoms with E-state index in [1.165, 1.54) is 0 Å². The highest BCUT2D eigenvalue weighted by molar-refractivity contribution is 5.76. The van der Waals surface area contributed by atoms with Crippen LogP contribution in [0.5, 0.6) is 11.5 Å². The van der Waals surface area contributed by atoms with Crippen LogP contribution in [0, 0.1) is 6.92 Å². The van der Waals surface area contributed by atoms with E-state index in [2.05, 4.69) is 15.4 Å². The van der Waals surface area contributed by atoms with Gasteiger partial charge < -0.3 is 23.3 Å². The minimum atomic E-state index is -0.116. The van der Waals surface area contributed by atoms with E-state index in [1.54, 1.807) is 24.9 Å². The summed E-state index contributed by atoms with van der Waals surface area (Å²) in [6.45, 7) is 4.83. The highest BCUT2D eigenvalue weighted by Crippen LogP contribution is 2.33. The van der Waals surface area contributed by atoms with Gasteiger partial charge in [-0.15, -0.1) is 10.2 Å². The maximum Gasteiger partial charge on any atom is 0.269 e. The first-order valence-corrected chi connectivity index (χ1v) is 9.42. The van der Waals surface area contributed by atoms with Crippen molar-refractivity contribution in [1.82, 2.24) is 20.3 Å². The third-order valence-electron chi connectivity index (χ3n) is 4.89. The van der Waals surface area contributed by atoms with E-state index in [-0.39, 0.29) is 24.3 Å². The molecular formula is C20H22N4O5. The van der Waals surface area contributed by atoms with Crippen LogP contribution in [0.15, 0.2) is 33.2 Å². The number of nitrogens with zero attached hydrogens (tertiary/aromatic N) is 4. The van der Waals surface area contributed by atoms with Gasteiger partial charge >= 0.3 is 0 Å². The van der Waals surface area contributed by atoms with Crippen molar-refractivity contribution in [3.8, 4) is 23.1 Å². The average molecular weight is 398 g/mol. The molecule has 0 saturated heterocycles. The Morgan fingerprint density at radius 1 is 1.17 bits per heavy atom. The number of carbonyl (C=O) groups excluding carboxylic acids is 1. The Morgan fingerprint density at radius 2 is 1.97 bits per heavy atom. The normalized spacial score (nSPS) is 13.9. The summed E-state index contributed by atoms with van der Waals surface area (Å²) in [6.07, 6.45) is 0.603. The number of benzene rings is 1. The number of aryl methyl sites for hydroxylation is 2. The molecule has 1 atom stereocenters. The minimum Gasteiger partial charge on any atom is -0.486 e. The fourth-order valence-electron chi connectivity index (χ4n) is 3.07. The predicted octanol–water partition coefficient (Wildman–Crippen LogP) is 2.96. The number of aromatic nitrogens is 3. The van der Waals surface area contributed by atoms with Gasteiger partial charge in [0.15, 0.2) is 17.2 Å². The summed E-state index contributed by atoms with van der Waals surface area (Å²) in [6, 6.07) is 7.35. The Hall–Kier alpha value is -3.36. The summed E-state index contributed by atoms with van der Waals surface area (Å²) in [5, 5.41) is 11.8. The number of fused-ring (bicyclic) bond motifs is 1. The number of amides is 1. The molecule has 0 spiro atoms. The van der Waals surface area contributed by atoms with E-state index in [4.69, 9.17) is 18.4 Å². The van der Waals surface area contributed by atoms with Gasteiger partial charge in [-0.25, -0.2) is 0 Å². The molecule has 1 aromatic carbocycles. The standard InChI is InChI=1S/C20H22N4O5/c1-12-10-15(23-29-12)20-22-21-18(28-20)6-7-19(25)24(3)13(2)14-4-5-16-17(11-14)27-9-8-26-16/h4-5,10-11,13H,6-9H2,1-3H3/t13-/m1/s1. The molecule has 0 N–H and O–H groups in total. The van der Waals surface area contributed by atoms with Gasteiger partial charge in [0, 0.05) is 26.0 Å². The summed E-state index contributed by atoms with van der Waals surface area (Å²) in [5.41, 5.74) is 1.46. The predicted molar refractivity (Wildman–Crippen MR) is 101 cm³/mol. The van der Waals surface area contributed by atoms with Crippen molar-refractivity contribution in [2.45, 2.75) is 32.7 Å². The quantitative estimate of drug-likeness (QED) is 0.624. The minimum absolute atomic E-state index is 0.0237. The number of hydrogen-bond donors (Lipinski definition) is 0. The summed E-state index contributed by atoms with van der Waals surface area (Å²) < 4.78 is 21.8. The van der Waals surface area contributed by atoms with Crippen LogP contribution in [0.3, 0.4) is 0 Å². The summed E-state index contributed by atoms with van der Waals surface area (Å²) in [5.74, 6) is 2.74. The van der Waals surface area contributed by atoms with Gasteiger partial charge in [0.25, 0.3) is 5.89 Å². The zero-order chi connectivity index (χ0) is 20.4. The Balaban J connectivity index is 1.36. The number of carbonyl (C=O) groups is 1. The lowest BCUT2D eigenvalue weighted by molar-refractivity contribution is -0.131. The Kier molecular flexibility index (Phi) is 5.20. The molecule has 2 aromatic heterocycles. The van der Waals surface area contributed by atoms with Crippen molar-refractivity contribution in [2.24, 2.45) is 0 Å². The molecule has 29 heavy (non-hydrogen) atoms. The first kappa shape index (κ1) is 19.0. The molecule has 3 heterocycles. The Labute approximate surface area is 167 Å².